The van der Waals surface area contributed by atoms with Crippen molar-refractivity contribution in [2.24, 2.45) is 0 Å². The van der Waals surface area contributed by atoms with E-state index in [0.29, 0.717) is 6.54 Å². The number of nitrogens with one attached hydrogen (secondary N) is 1. The van der Waals surface area contributed by atoms with E-state index >= 15 is 0 Å². The zero-order valence-corrected chi connectivity index (χ0v) is 11.3. The Hall–Kier alpha value is -1.75. The second-order valence-corrected chi connectivity index (χ2v) is 5.09. The highest BCUT2D eigenvalue weighted by Crippen LogP contribution is 2.27. The number of hydrogen-bond acceptors (Lipinski definition) is 4. The standard InChI is InChI=1S/C13H15N3OS/c1-9-12(5-7-15-10(2)17)18-13(16-9)11-4-3-6-14-8-11/h3-4,6,8H,5,7H2,1-2H3,(H,15,17). The average molecular weight is 261 g/mol. The summed E-state index contributed by atoms with van der Waals surface area (Å²) in [5, 5.41) is 3.78. The molecular formula is C13H15N3OS. The number of amides is 1. The van der Waals surface area contributed by atoms with Crippen LogP contribution >= 0.6 is 11.3 Å². The monoisotopic (exact) mass is 261 g/mol. The van der Waals surface area contributed by atoms with Crippen molar-refractivity contribution in [3.05, 3.63) is 35.1 Å². The minimum absolute atomic E-state index is 0.00431. The summed E-state index contributed by atoms with van der Waals surface area (Å²) in [7, 11) is 0. The Labute approximate surface area is 110 Å². The first-order valence-corrected chi connectivity index (χ1v) is 6.59. The van der Waals surface area contributed by atoms with E-state index in [1.54, 1.807) is 17.5 Å². The number of aryl methyl sites for hydroxylation is 1. The molecule has 0 aromatic carbocycles. The third kappa shape index (κ3) is 3.13. The van der Waals surface area contributed by atoms with Crippen molar-refractivity contribution >= 4 is 17.2 Å². The predicted octanol–water partition coefficient (Wildman–Crippen LogP) is 2.19. The lowest BCUT2D eigenvalue weighted by Crippen LogP contribution is -2.22. The van der Waals surface area contributed by atoms with Gasteiger partial charge in [0, 0.05) is 42.7 Å². The molecule has 0 saturated heterocycles. The molecule has 0 aliphatic rings. The maximum atomic E-state index is 10.8. The van der Waals surface area contributed by atoms with Crippen LogP contribution in [0.3, 0.4) is 0 Å². The molecule has 0 aliphatic heterocycles. The Morgan fingerprint density at radius 3 is 3.00 bits per heavy atom. The number of pyridine rings is 1. The van der Waals surface area contributed by atoms with Crippen LogP contribution in [-0.4, -0.2) is 22.4 Å². The molecule has 0 atom stereocenters. The number of rotatable bonds is 4. The van der Waals surface area contributed by atoms with Crippen molar-refractivity contribution in [1.29, 1.82) is 0 Å². The number of hydrogen-bond donors (Lipinski definition) is 1. The number of aromatic nitrogens is 2. The molecule has 18 heavy (non-hydrogen) atoms. The first kappa shape index (κ1) is 12.7. The molecule has 2 aromatic rings. The van der Waals surface area contributed by atoms with Crippen LogP contribution < -0.4 is 5.32 Å². The molecule has 94 valence electrons. The molecule has 1 N–H and O–H groups in total. The maximum Gasteiger partial charge on any atom is 0.216 e. The fraction of sp³-hybridized carbons (Fsp3) is 0.308. The minimum Gasteiger partial charge on any atom is -0.356 e. The van der Waals surface area contributed by atoms with Crippen LogP contribution in [0.15, 0.2) is 24.5 Å². The second kappa shape index (κ2) is 5.73. The van der Waals surface area contributed by atoms with Gasteiger partial charge in [-0.1, -0.05) is 0 Å². The van der Waals surface area contributed by atoms with Gasteiger partial charge < -0.3 is 5.32 Å². The summed E-state index contributed by atoms with van der Waals surface area (Å²) >= 11 is 1.66. The molecule has 2 rings (SSSR count). The highest BCUT2D eigenvalue weighted by Gasteiger charge is 2.09. The van der Waals surface area contributed by atoms with E-state index in [-0.39, 0.29) is 5.91 Å². The number of carbonyl (C=O) groups excluding carboxylic acids is 1. The smallest absolute Gasteiger partial charge is 0.216 e. The normalized spacial score (nSPS) is 10.3. The van der Waals surface area contributed by atoms with Crippen LogP contribution in [-0.2, 0) is 11.2 Å². The van der Waals surface area contributed by atoms with Crippen molar-refractivity contribution in [2.75, 3.05) is 6.54 Å². The van der Waals surface area contributed by atoms with Gasteiger partial charge in [-0.05, 0) is 19.1 Å². The SMILES string of the molecule is CC(=O)NCCc1sc(-c2cccnc2)nc1C. The summed E-state index contributed by atoms with van der Waals surface area (Å²) in [6.45, 7) is 4.19. The summed E-state index contributed by atoms with van der Waals surface area (Å²) in [4.78, 5) is 20.7. The Balaban J connectivity index is 2.10. The second-order valence-electron chi connectivity index (χ2n) is 4.00. The zero-order valence-electron chi connectivity index (χ0n) is 10.4. The molecule has 0 spiro atoms. The summed E-state index contributed by atoms with van der Waals surface area (Å²) < 4.78 is 0. The third-order valence-corrected chi connectivity index (χ3v) is 3.79. The molecule has 0 saturated carbocycles. The molecule has 0 bridgehead atoms. The lowest BCUT2D eigenvalue weighted by atomic mass is 10.3. The van der Waals surface area contributed by atoms with Crippen LogP contribution in [0.25, 0.3) is 10.6 Å². The van der Waals surface area contributed by atoms with E-state index < -0.39 is 0 Å². The van der Waals surface area contributed by atoms with Gasteiger partial charge >= 0.3 is 0 Å². The molecule has 1 amide bonds. The van der Waals surface area contributed by atoms with Gasteiger partial charge in [-0.2, -0.15) is 0 Å². The maximum absolute atomic E-state index is 10.8. The minimum atomic E-state index is 0.00431. The summed E-state index contributed by atoms with van der Waals surface area (Å²) in [6, 6.07) is 3.91. The van der Waals surface area contributed by atoms with Crippen molar-refractivity contribution in [2.45, 2.75) is 20.3 Å². The first-order valence-electron chi connectivity index (χ1n) is 5.78. The van der Waals surface area contributed by atoms with Gasteiger partial charge in [0.25, 0.3) is 0 Å². The quantitative estimate of drug-likeness (QED) is 0.918. The van der Waals surface area contributed by atoms with E-state index in [1.165, 1.54) is 11.8 Å². The lowest BCUT2D eigenvalue weighted by molar-refractivity contribution is -0.118. The highest BCUT2D eigenvalue weighted by atomic mass is 32.1. The van der Waals surface area contributed by atoms with Crippen LogP contribution in [0.5, 0.6) is 0 Å². The fourth-order valence-corrected chi connectivity index (χ4v) is 2.68. The van der Waals surface area contributed by atoms with Gasteiger partial charge in [-0.25, -0.2) is 4.98 Å². The predicted molar refractivity (Wildman–Crippen MR) is 72.5 cm³/mol. The van der Waals surface area contributed by atoms with Gasteiger partial charge in [-0.15, -0.1) is 11.3 Å². The van der Waals surface area contributed by atoms with Gasteiger partial charge in [0.1, 0.15) is 5.01 Å². The number of carbonyl (C=O) groups is 1. The third-order valence-electron chi connectivity index (χ3n) is 2.53. The topological polar surface area (TPSA) is 54.9 Å². The summed E-state index contributed by atoms with van der Waals surface area (Å²) in [5.74, 6) is 0.00431. The lowest BCUT2D eigenvalue weighted by Gasteiger charge is -1.99. The van der Waals surface area contributed by atoms with Crippen LogP contribution in [0, 0.1) is 6.92 Å². The first-order chi connectivity index (χ1) is 8.66. The molecule has 0 aliphatic carbocycles. The van der Waals surface area contributed by atoms with Gasteiger partial charge in [0.05, 0.1) is 5.69 Å². The van der Waals surface area contributed by atoms with Crippen molar-refractivity contribution in [1.82, 2.24) is 15.3 Å². The molecule has 4 nitrogen and oxygen atoms in total. The Morgan fingerprint density at radius 1 is 1.50 bits per heavy atom. The summed E-state index contributed by atoms with van der Waals surface area (Å²) in [5.41, 5.74) is 2.07. The van der Waals surface area contributed by atoms with Crippen molar-refractivity contribution in [3.63, 3.8) is 0 Å². The molecule has 2 heterocycles. The van der Waals surface area contributed by atoms with Gasteiger partial charge in [-0.3, -0.25) is 9.78 Å². The van der Waals surface area contributed by atoms with Crippen molar-refractivity contribution in [3.8, 4) is 10.6 Å². The van der Waals surface area contributed by atoms with E-state index in [9.17, 15) is 4.79 Å². The number of thiazole rings is 1. The largest absolute Gasteiger partial charge is 0.356 e. The molecule has 2 aromatic heterocycles. The van der Waals surface area contributed by atoms with Gasteiger partial charge in [0.15, 0.2) is 0 Å². The van der Waals surface area contributed by atoms with E-state index in [1.807, 2.05) is 25.3 Å². The molecule has 0 unspecified atom stereocenters. The zero-order chi connectivity index (χ0) is 13.0. The van der Waals surface area contributed by atoms with E-state index in [0.717, 1.165) is 22.7 Å². The summed E-state index contributed by atoms with van der Waals surface area (Å²) in [6.07, 6.45) is 4.39. The van der Waals surface area contributed by atoms with Crippen LogP contribution in [0.4, 0.5) is 0 Å². The van der Waals surface area contributed by atoms with E-state index in [2.05, 4.69) is 15.3 Å². The molecule has 0 radical (unpaired) electrons. The van der Waals surface area contributed by atoms with Crippen molar-refractivity contribution < 1.29 is 4.79 Å². The molecule has 5 heteroatoms. The number of nitrogens with zero attached hydrogens (tertiary/aromatic N) is 2. The average Bonchev–Trinajstić information content (AvgIpc) is 2.72. The van der Waals surface area contributed by atoms with Crippen LogP contribution in [0.1, 0.15) is 17.5 Å². The molecular weight excluding hydrogens is 246 g/mol. The van der Waals surface area contributed by atoms with Gasteiger partial charge in [0.2, 0.25) is 5.91 Å². The Morgan fingerprint density at radius 2 is 2.33 bits per heavy atom. The molecule has 0 fully saturated rings. The Kier molecular flexibility index (Phi) is 4.04. The van der Waals surface area contributed by atoms with E-state index in [4.69, 9.17) is 0 Å². The highest BCUT2D eigenvalue weighted by molar-refractivity contribution is 7.15. The van der Waals surface area contributed by atoms with Crippen LogP contribution in [0.2, 0.25) is 0 Å². The fourth-order valence-electron chi connectivity index (χ4n) is 1.62. The Bertz CT molecular complexity index is 536.